The molecule has 2 unspecified atom stereocenters. The quantitative estimate of drug-likeness (QED) is 0.0754. The fourth-order valence-electron chi connectivity index (χ4n) is 11.4. The van der Waals surface area contributed by atoms with Crippen molar-refractivity contribution in [3.05, 3.63) is 103 Å². The van der Waals surface area contributed by atoms with Crippen LogP contribution in [-0.2, 0) is 36.8 Å². The molecule has 12 heteroatoms. The number of hydrogen-bond donors (Lipinski definition) is 1. The molecule has 0 amide bonds. The van der Waals surface area contributed by atoms with Gasteiger partial charge in [-0.1, -0.05) is 99.3 Å². The lowest BCUT2D eigenvalue weighted by molar-refractivity contribution is -0.141. The zero-order valence-corrected chi connectivity index (χ0v) is 45.3. The molecule has 0 saturated heterocycles. The Labute approximate surface area is 432 Å². The number of ether oxygens (including phenoxy) is 1. The van der Waals surface area contributed by atoms with Crippen molar-refractivity contribution in [3.8, 4) is 0 Å². The van der Waals surface area contributed by atoms with E-state index < -0.39 is 5.97 Å². The molecule has 71 heavy (non-hydrogen) atoms. The second-order valence-corrected chi connectivity index (χ2v) is 25.1. The number of Topliss-reactive ketones (excluding diaryl/α,β-unsaturated/α-hetero) is 2. The summed E-state index contributed by atoms with van der Waals surface area (Å²) in [5, 5.41) is 19.6. The van der Waals surface area contributed by atoms with Gasteiger partial charge in [-0.2, -0.15) is 0 Å². The van der Waals surface area contributed by atoms with Gasteiger partial charge in [-0.3, -0.25) is 19.2 Å². The summed E-state index contributed by atoms with van der Waals surface area (Å²) in [7, 11) is 1.40. The molecule has 386 valence electrons. The lowest BCUT2D eigenvalue weighted by Gasteiger charge is -2.38. The normalized spacial score (nSPS) is 20.8. The van der Waals surface area contributed by atoms with Crippen LogP contribution in [0.25, 0.3) is 0 Å². The number of aliphatic carboxylic acids is 1. The van der Waals surface area contributed by atoms with Crippen molar-refractivity contribution in [1.82, 2.24) is 10.3 Å². The van der Waals surface area contributed by atoms with Gasteiger partial charge in [0.15, 0.2) is 0 Å². The molecule has 0 aliphatic heterocycles. The van der Waals surface area contributed by atoms with Crippen LogP contribution in [-0.4, -0.2) is 46.0 Å². The Kier molecular flexibility index (Phi) is 17.9. The number of esters is 1. The number of ketones is 2. The third-order valence-corrected chi connectivity index (χ3v) is 15.8. The summed E-state index contributed by atoms with van der Waals surface area (Å²) >= 11 is 12.8. The number of aromatic nitrogens is 2. The molecule has 0 spiro atoms. The molecule has 4 aliphatic carbocycles. The Balaban J connectivity index is 0.000000209. The van der Waals surface area contributed by atoms with Crippen molar-refractivity contribution in [2.45, 2.75) is 206 Å². The molecule has 10 nitrogen and oxygen atoms in total. The van der Waals surface area contributed by atoms with E-state index in [4.69, 9.17) is 37.0 Å². The molecule has 2 aromatic carbocycles. The molecule has 4 fully saturated rings. The second kappa shape index (κ2) is 23.3. The van der Waals surface area contributed by atoms with Crippen LogP contribution in [0.4, 0.5) is 0 Å². The molecule has 0 radical (unpaired) electrons. The summed E-state index contributed by atoms with van der Waals surface area (Å²) in [6, 6.07) is 11.5. The topological polar surface area (TPSA) is 150 Å². The Bertz CT molecular complexity index is 2510. The predicted octanol–water partition coefficient (Wildman–Crippen LogP) is 15.3. The van der Waals surface area contributed by atoms with Crippen molar-refractivity contribution < 1.29 is 38.1 Å². The molecular weight excluding hydrogens is 936 g/mol. The average Bonchev–Trinajstić information content (AvgIpc) is 4.20. The SMILES string of the molecule is COC(=O)CCC(CC(=O)Cc1ccc(C)cc1Cl)c1noc(C2CC(CC(C)(C)C)C2)c1C1CC1.Cc1ccc(CC(=O)CC(CCC(=O)O)c2noc(C3CC(CC(C)(C)C)C3)c2C2CC2)c(Cl)c1. The highest BCUT2D eigenvalue weighted by Crippen LogP contribution is 2.55. The van der Waals surface area contributed by atoms with Gasteiger partial charge in [0.05, 0.1) is 18.5 Å². The Morgan fingerprint density at radius 2 is 1.04 bits per heavy atom. The number of carboxylic acids is 1. The molecule has 8 rings (SSSR count). The standard InChI is InChI=1S/C30H40ClNO4.C29H38ClNO4/c1-18-6-7-21(25(31)12-18)15-24(33)16-22(10-11-26(34)35-5)28-27(20-8-9-20)29(36-32-28)23-13-19(14-23)17-30(2,3)4;1-17-5-6-20(24(30)11-17)14-23(32)15-21(9-10-25(33)34)27-26(19-7-8-19)28(35-31-27)22-12-18(13-22)16-29(2,3)4/h6-7,12,19-20,22-23H,8-11,13-17H2,1-5H3;5-6,11,18-19,21-22H,7-10,12-16H2,1-4H3,(H,33,34). The molecule has 2 atom stereocenters. The number of nitrogens with zero attached hydrogens (tertiary/aromatic N) is 2. The Morgan fingerprint density at radius 1 is 0.648 bits per heavy atom. The Morgan fingerprint density at radius 3 is 1.38 bits per heavy atom. The number of carbonyl (C=O) groups excluding carboxylic acids is 3. The smallest absolute Gasteiger partial charge is 0.305 e. The van der Waals surface area contributed by atoms with Gasteiger partial charge < -0.3 is 18.9 Å². The third-order valence-electron chi connectivity index (χ3n) is 15.1. The van der Waals surface area contributed by atoms with Crippen LogP contribution < -0.4 is 0 Å². The monoisotopic (exact) mass is 1010 g/mol. The third kappa shape index (κ3) is 15.4. The van der Waals surface area contributed by atoms with Gasteiger partial charge in [-0.05, 0) is 160 Å². The lowest BCUT2D eigenvalue weighted by Crippen LogP contribution is -2.26. The molecule has 1 N–H and O–H groups in total. The highest BCUT2D eigenvalue weighted by Gasteiger charge is 2.44. The van der Waals surface area contributed by atoms with Gasteiger partial charge in [0.25, 0.3) is 0 Å². The van der Waals surface area contributed by atoms with Crippen molar-refractivity contribution in [2.75, 3.05) is 7.11 Å². The van der Waals surface area contributed by atoms with E-state index in [0.717, 1.165) is 102 Å². The highest BCUT2D eigenvalue weighted by molar-refractivity contribution is 6.32. The van der Waals surface area contributed by atoms with Gasteiger partial charge in [0.2, 0.25) is 0 Å². The van der Waals surface area contributed by atoms with Crippen molar-refractivity contribution in [3.63, 3.8) is 0 Å². The van der Waals surface area contributed by atoms with Crippen LogP contribution in [0.2, 0.25) is 10.0 Å². The molecule has 4 aromatic rings. The number of benzene rings is 2. The Hall–Kier alpha value is -4.28. The number of aryl methyl sites for hydroxylation is 2. The summed E-state index contributed by atoms with van der Waals surface area (Å²) in [5.41, 5.74) is 8.54. The highest BCUT2D eigenvalue weighted by atomic mass is 35.5. The van der Waals surface area contributed by atoms with Crippen LogP contribution in [0, 0.1) is 36.5 Å². The number of methoxy groups -OCH3 is 1. The fraction of sp³-hybridized carbons (Fsp3) is 0.627. The molecule has 4 saturated carbocycles. The van der Waals surface area contributed by atoms with Crippen LogP contribution in [0.15, 0.2) is 45.4 Å². The van der Waals surface area contributed by atoms with E-state index in [1.807, 2.05) is 50.2 Å². The summed E-state index contributed by atoms with van der Waals surface area (Å²) in [6.07, 6.45) is 13.7. The zero-order chi connectivity index (χ0) is 51.4. The summed E-state index contributed by atoms with van der Waals surface area (Å²) < 4.78 is 16.9. The second-order valence-electron chi connectivity index (χ2n) is 24.3. The van der Waals surface area contributed by atoms with Crippen LogP contribution in [0.1, 0.15) is 236 Å². The minimum Gasteiger partial charge on any atom is -0.481 e. The van der Waals surface area contributed by atoms with Gasteiger partial charge in [-0.25, -0.2) is 0 Å². The molecular formula is C59H78Cl2N2O8. The number of hydrogen-bond acceptors (Lipinski definition) is 9. The molecule has 2 aromatic heterocycles. The van der Waals surface area contributed by atoms with Gasteiger partial charge >= 0.3 is 11.9 Å². The van der Waals surface area contributed by atoms with E-state index in [9.17, 15) is 24.3 Å². The average molecular weight is 1010 g/mol. The van der Waals surface area contributed by atoms with E-state index in [2.05, 4.69) is 51.9 Å². The van der Waals surface area contributed by atoms with E-state index in [0.29, 0.717) is 69.7 Å². The lowest BCUT2D eigenvalue weighted by atomic mass is 9.66. The van der Waals surface area contributed by atoms with Gasteiger partial charge in [0, 0.05) is 83.4 Å². The first-order chi connectivity index (χ1) is 33.5. The summed E-state index contributed by atoms with van der Waals surface area (Å²) in [6.45, 7) is 17.7. The largest absolute Gasteiger partial charge is 0.481 e. The first kappa shape index (κ1) is 54.5. The van der Waals surface area contributed by atoms with E-state index in [-0.39, 0.29) is 61.5 Å². The van der Waals surface area contributed by atoms with E-state index >= 15 is 0 Å². The maximum absolute atomic E-state index is 13.2. The summed E-state index contributed by atoms with van der Waals surface area (Å²) in [4.78, 5) is 49.7. The van der Waals surface area contributed by atoms with Crippen molar-refractivity contribution in [2.24, 2.45) is 22.7 Å². The van der Waals surface area contributed by atoms with Crippen LogP contribution >= 0.6 is 23.2 Å². The van der Waals surface area contributed by atoms with Gasteiger partial charge in [0.1, 0.15) is 23.1 Å². The molecule has 0 bridgehead atoms. The van der Waals surface area contributed by atoms with Gasteiger partial charge in [-0.15, -0.1) is 0 Å². The number of halogens is 2. The summed E-state index contributed by atoms with van der Waals surface area (Å²) in [5.74, 6) is 3.78. The number of carbonyl (C=O) groups is 4. The maximum atomic E-state index is 13.2. The van der Waals surface area contributed by atoms with E-state index in [1.165, 1.54) is 31.1 Å². The number of carboxylic acid groups (broad SMARTS) is 1. The molecule has 4 aliphatic rings. The first-order valence-electron chi connectivity index (χ1n) is 26.3. The maximum Gasteiger partial charge on any atom is 0.305 e. The predicted molar refractivity (Wildman–Crippen MR) is 279 cm³/mol. The minimum atomic E-state index is -0.857. The van der Waals surface area contributed by atoms with Crippen LogP contribution in [0.3, 0.4) is 0 Å². The first-order valence-corrected chi connectivity index (χ1v) is 27.1. The van der Waals surface area contributed by atoms with Crippen molar-refractivity contribution in [1.29, 1.82) is 0 Å². The minimum absolute atomic E-state index is 0.00657. The molecule has 2 heterocycles. The van der Waals surface area contributed by atoms with E-state index in [1.54, 1.807) is 0 Å². The van der Waals surface area contributed by atoms with Crippen molar-refractivity contribution >= 4 is 46.7 Å². The van der Waals surface area contributed by atoms with Crippen LogP contribution in [0.5, 0.6) is 0 Å². The zero-order valence-electron chi connectivity index (χ0n) is 43.8. The number of rotatable bonds is 22. The fourth-order valence-corrected chi connectivity index (χ4v) is 12.0.